The summed E-state index contributed by atoms with van der Waals surface area (Å²) in [5, 5.41) is 2.10. The number of carbonyl (C=O) groups is 1. The third kappa shape index (κ3) is 2.37. The van der Waals surface area contributed by atoms with E-state index in [0.29, 0.717) is 5.69 Å². The van der Waals surface area contributed by atoms with E-state index in [1.54, 1.807) is 11.3 Å². The quantitative estimate of drug-likeness (QED) is 0.655. The Morgan fingerprint density at radius 1 is 1.23 bits per heavy atom. The second-order valence-electron chi connectivity index (χ2n) is 6.50. The number of fused-ring (bicyclic) bond motifs is 1. The van der Waals surface area contributed by atoms with Gasteiger partial charge in [0.25, 0.3) is 0 Å². The summed E-state index contributed by atoms with van der Waals surface area (Å²) in [5.74, 6) is 0. The Morgan fingerprint density at radius 3 is 2.45 bits per heavy atom. The Balaban J connectivity index is 2.22. The van der Waals surface area contributed by atoms with Crippen LogP contribution in [0.15, 0.2) is 29.6 Å². The molecule has 0 saturated heterocycles. The summed E-state index contributed by atoms with van der Waals surface area (Å²) in [4.78, 5) is 17.3. The van der Waals surface area contributed by atoms with Gasteiger partial charge in [0, 0.05) is 22.1 Å². The van der Waals surface area contributed by atoms with E-state index in [2.05, 4.69) is 57.3 Å². The lowest BCUT2D eigenvalue weighted by Gasteiger charge is -2.17. The molecule has 3 nitrogen and oxygen atoms in total. The average molecular weight is 312 g/mol. The molecular weight excluding hydrogens is 292 g/mol. The summed E-state index contributed by atoms with van der Waals surface area (Å²) >= 11 is 1.59. The molecule has 0 aliphatic rings. The van der Waals surface area contributed by atoms with Crippen molar-refractivity contribution in [2.45, 2.75) is 39.5 Å². The summed E-state index contributed by atoms with van der Waals surface area (Å²) in [6.07, 6.45) is 1.93. The number of aryl methyl sites for hydroxylation is 1. The molecule has 3 aromatic rings. The smallest absolute Gasteiger partial charge is 0.195 e. The largest absolute Gasteiger partial charge is 0.296 e. The first-order valence-corrected chi connectivity index (χ1v) is 8.38. The lowest BCUT2D eigenvalue weighted by Crippen LogP contribution is -2.15. The highest BCUT2D eigenvalue weighted by Gasteiger charge is 2.24. The average Bonchev–Trinajstić information content (AvgIpc) is 3.04. The monoisotopic (exact) mass is 312 g/mol. The molecule has 22 heavy (non-hydrogen) atoms. The Kier molecular flexibility index (Phi) is 3.65. The van der Waals surface area contributed by atoms with Gasteiger partial charge in [-0.25, -0.2) is 4.98 Å². The van der Waals surface area contributed by atoms with E-state index in [4.69, 9.17) is 4.98 Å². The minimum absolute atomic E-state index is 0.0277. The van der Waals surface area contributed by atoms with E-state index in [1.807, 2.05) is 4.40 Å². The number of rotatable bonds is 3. The van der Waals surface area contributed by atoms with Gasteiger partial charge in [-0.15, -0.1) is 11.3 Å². The van der Waals surface area contributed by atoms with E-state index >= 15 is 0 Å². The Morgan fingerprint density at radius 2 is 1.91 bits per heavy atom. The SMILES string of the molecule is CCc1ccc(-c2nc3scc(C(C)(C)C)n3c2C=O)cc1. The summed E-state index contributed by atoms with van der Waals surface area (Å²) in [6, 6.07) is 8.30. The first-order chi connectivity index (χ1) is 10.5. The van der Waals surface area contributed by atoms with Crippen LogP contribution >= 0.6 is 11.3 Å². The number of aldehydes is 1. The molecule has 0 bridgehead atoms. The zero-order chi connectivity index (χ0) is 15.9. The first kappa shape index (κ1) is 15.0. The number of hydrogen-bond donors (Lipinski definition) is 0. The maximum atomic E-state index is 11.7. The molecule has 0 aliphatic carbocycles. The number of thiazole rings is 1. The van der Waals surface area contributed by atoms with Crippen molar-refractivity contribution < 1.29 is 4.79 Å². The summed E-state index contributed by atoms with van der Waals surface area (Å²) < 4.78 is 2.00. The predicted molar refractivity (Wildman–Crippen MR) is 92.0 cm³/mol. The van der Waals surface area contributed by atoms with Crippen LogP contribution < -0.4 is 0 Å². The maximum absolute atomic E-state index is 11.7. The number of nitrogens with zero attached hydrogens (tertiary/aromatic N) is 2. The highest BCUT2D eigenvalue weighted by Crippen LogP contribution is 2.32. The minimum Gasteiger partial charge on any atom is -0.296 e. The van der Waals surface area contributed by atoms with Gasteiger partial charge in [-0.3, -0.25) is 9.20 Å². The summed E-state index contributed by atoms with van der Waals surface area (Å²) in [6.45, 7) is 8.59. The molecule has 0 spiro atoms. The molecule has 0 atom stereocenters. The highest BCUT2D eigenvalue weighted by atomic mass is 32.1. The van der Waals surface area contributed by atoms with E-state index in [-0.39, 0.29) is 5.41 Å². The standard InChI is InChI=1S/C18H20N2OS/c1-5-12-6-8-13(9-7-12)16-14(10-21)20-15(18(2,3)4)11-22-17(20)19-16/h6-11H,5H2,1-4H3. The molecule has 2 heterocycles. The molecule has 3 rings (SSSR count). The van der Waals surface area contributed by atoms with E-state index in [1.165, 1.54) is 5.56 Å². The zero-order valence-corrected chi connectivity index (χ0v) is 14.2. The summed E-state index contributed by atoms with van der Waals surface area (Å²) in [7, 11) is 0. The number of benzene rings is 1. The second kappa shape index (κ2) is 5.36. The van der Waals surface area contributed by atoms with Crippen molar-refractivity contribution in [1.82, 2.24) is 9.38 Å². The molecular formula is C18H20N2OS. The van der Waals surface area contributed by atoms with Crippen LogP contribution in [-0.4, -0.2) is 15.7 Å². The van der Waals surface area contributed by atoms with Gasteiger partial charge in [0.15, 0.2) is 11.2 Å². The fourth-order valence-electron chi connectivity index (χ4n) is 2.62. The molecule has 0 fully saturated rings. The predicted octanol–water partition coefficient (Wildman–Crippen LogP) is 4.74. The highest BCUT2D eigenvalue weighted by molar-refractivity contribution is 7.15. The maximum Gasteiger partial charge on any atom is 0.195 e. The summed E-state index contributed by atoms with van der Waals surface area (Å²) in [5.41, 5.74) is 4.79. The van der Waals surface area contributed by atoms with Crippen molar-refractivity contribution in [2.24, 2.45) is 0 Å². The molecule has 0 aliphatic heterocycles. The molecule has 0 amide bonds. The lowest BCUT2D eigenvalue weighted by molar-refractivity contribution is 0.111. The molecule has 2 aromatic heterocycles. The van der Waals surface area contributed by atoms with Crippen molar-refractivity contribution >= 4 is 22.6 Å². The van der Waals surface area contributed by atoms with Crippen molar-refractivity contribution in [2.75, 3.05) is 0 Å². The first-order valence-electron chi connectivity index (χ1n) is 7.50. The molecule has 0 saturated carbocycles. The minimum atomic E-state index is -0.0277. The van der Waals surface area contributed by atoms with Crippen molar-refractivity contribution in [1.29, 1.82) is 0 Å². The van der Waals surface area contributed by atoms with Gasteiger partial charge in [-0.05, 0) is 12.0 Å². The van der Waals surface area contributed by atoms with Gasteiger partial charge in [0.1, 0.15) is 11.4 Å². The van der Waals surface area contributed by atoms with Crippen LogP contribution in [0.3, 0.4) is 0 Å². The van der Waals surface area contributed by atoms with Gasteiger partial charge in [-0.1, -0.05) is 52.0 Å². The molecule has 4 heteroatoms. The van der Waals surface area contributed by atoms with Gasteiger partial charge in [0.05, 0.1) is 0 Å². The van der Waals surface area contributed by atoms with Crippen molar-refractivity contribution in [3.05, 3.63) is 46.6 Å². The lowest BCUT2D eigenvalue weighted by atomic mass is 9.93. The van der Waals surface area contributed by atoms with E-state index in [0.717, 1.165) is 34.6 Å². The molecule has 0 N–H and O–H groups in total. The fourth-order valence-corrected chi connectivity index (χ4v) is 3.74. The van der Waals surface area contributed by atoms with Gasteiger partial charge in [-0.2, -0.15) is 0 Å². The Labute approximate surface area is 134 Å². The normalized spacial score (nSPS) is 12.0. The van der Waals surface area contributed by atoms with E-state index in [9.17, 15) is 4.79 Å². The molecule has 1 aromatic carbocycles. The number of carbonyl (C=O) groups excluding carboxylic acids is 1. The second-order valence-corrected chi connectivity index (χ2v) is 7.34. The van der Waals surface area contributed by atoms with Crippen LogP contribution in [-0.2, 0) is 11.8 Å². The van der Waals surface area contributed by atoms with Gasteiger partial charge < -0.3 is 0 Å². The van der Waals surface area contributed by atoms with Crippen molar-refractivity contribution in [3.63, 3.8) is 0 Å². The Hall–Kier alpha value is -1.94. The van der Waals surface area contributed by atoms with Crippen LogP contribution in [0, 0.1) is 0 Å². The molecule has 0 radical (unpaired) electrons. The number of hydrogen-bond acceptors (Lipinski definition) is 3. The van der Waals surface area contributed by atoms with Crippen LogP contribution in [0.25, 0.3) is 16.2 Å². The third-order valence-corrected chi connectivity index (χ3v) is 4.74. The van der Waals surface area contributed by atoms with Crippen LogP contribution in [0.5, 0.6) is 0 Å². The topological polar surface area (TPSA) is 34.4 Å². The number of imidazole rings is 1. The van der Waals surface area contributed by atoms with Gasteiger partial charge in [0.2, 0.25) is 0 Å². The van der Waals surface area contributed by atoms with Crippen LogP contribution in [0.1, 0.15) is 49.4 Å². The third-order valence-electron chi connectivity index (χ3n) is 3.91. The van der Waals surface area contributed by atoms with E-state index < -0.39 is 0 Å². The number of aromatic nitrogens is 2. The molecule has 0 unspecified atom stereocenters. The van der Waals surface area contributed by atoms with Crippen LogP contribution in [0.2, 0.25) is 0 Å². The molecule has 114 valence electrons. The zero-order valence-electron chi connectivity index (χ0n) is 13.4. The Bertz CT molecular complexity index is 819. The van der Waals surface area contributed by atoms with Gasteiger partial charge >= 0.3 is 0 Å². The fraction of sp³-hybridized carbons (Fsp3) is 0.333. The van der Waals surface area contributed by atoms with Crippen molar-refractivity contribution in [3.8, 4) is 11.3 Å². The van der Waals surface area contributed by atoms with Crippen LogP contribution in [0.4, 0.5) is 0 Å².